The van der Waals surface area contributed by atoms with Gasteiger partial charge < -0.3 is 10.6 Å². The minimum Gasteiger partial charge on any atom is -0.355 e. The third-order valence-corrected chi connectivity index (χ3v) is 4.38. The van der Waals surface area contributed by atoms with Gasteiger partial charge in [0.05, 0.1) is 0 Å². The second kappa shape index (κ2) is 4.39. The van der Waals surface area contributed by atoms with E-state index in [1.54, 1.807) is 6.07 Å². The second-order valence-electron chi connectivity index (χ2n) is 5.54. The van der Waals surface area contributed by atoms with Crippen LogP contribution in [-0.2, 0) is 12.8 Å². The number of benzene rings is 1. The highest BCUT2D eigenvalue weighted by atomic mass is 16.1. The van der Waals surface area contributed by atoms with Crippen molar-refractivity contribution in [2.45, 2.75) is 25.7 Å². The predicted molar refractivity (Wildman–Crippen MR) is 71.8 cm³/mol. The SMILES string of the molecule is [2H]C([2H])([2H])NC(=O)c1ccc2c(c1)CC1(CCNCC1)C2. The Kier molecular flexibility index (Phi) is 2.12. The molecule has 1 amide bonds. The summed E-state index contributed by atoms with van der Waals surface area (Å²) in [6.45, 7) is -0.326. The minimum absolute atomic E-state index is 0.340. The zero-order valence-corrected chi connectivity index (χ0v) is 10.4. The van der Waals surface area contributed by atoms with E-state index in [-0.39, 0.29) is 0 Å². The van der Waals surface area contributed by atoms with Crippen molar-refractivity contribution >= 4 is 5.91 Å². The van der Waals surface area contributed by atoms with Gasteiger partial charge in [0.15, 0.2) is 0 Å². The predicted octanol–water partition coefficient (Wildman–Crippen LogP) is 1.51. The molecule has 1 fully saturated rings. The van der Waals surface area contributed by atoms with E-state index in [1.807, 2.05) is 17.4 Å². The summed E-state index contributed by atoms with van der Waals surface area (Å²) >= 11 is 0. The number of fused-ring (bicyclic) bond motifs is 1. The highest BCUT2D eigenvalue weighted by Crippen LogP contribution is 2.43. The number of rotatable bonds is 1. The molecule has 3 rings (SSSR count). The average Bonchev–Trinajstić information content (AvgIpc) is 2.73. The Morgan fingerprint density at radius 2 is 2.11 bits per heavy atom. The Bertz CT molecular complexity index is 563. The lowest BCUT2D eigenvalue weighted by molar-refractivity contribution is 0.0963. The van der Waals surface area contributed by atoms with Gasteiger partial charge in [-0.05, 0) is 67.4 Å². The molecule has 1 saturated heterocycles. The van der Waals surface area contributed by atoms with Crippen molar-refractivity contribution < 1.29 is 8.91 Å². The minimum atomic E-state index is -2.44. The zero-order chi connectivity index (χ0) is 15.1. The summed E-state index contributed by atoms with van der Waals surface area (Å²) in [7, 11) is 0. The maximum atomic E-state index is 11.9. The average molecular weight is 247 g/mol. The van der Waals surface area contributed by atoms with E-state index in [0.717, 1.165) is 25.9 Å². The number of hydrogen-bond acceptors (Lipinski definition) is 2. The lowest BCUT2D eigenvalue weighted by Gasteiger charge is -2.33. The van der Waals surface area contributed by atoms with Crippen LogP contribution in [0.15, 0.2) is 18.2 Å². The molecule has 0 unspecified atom stereocenters. The molecule has 0 radical (unpaired) electrons. The van der Waals surface area contributed by atoms with Crippen molar-refractivity contribution in [2.75, 3.05) is 20.1 Å². The van der Waals surface area contributed by atoms with Crippen LogP contribution in [0.25, 0.3) is 0 Å². The highest BCUT2D eigenvalue weighted by molar-refractivity contribution is 5.94. The van der Waals surface area contributed by atoms with Gasteiger partial charge in [-0.3, -0.25) is 4.79 Å². The summed E-state index contributed by atoms with van der Waals surface area (Å²) in [5.41, 5.74) is 3.29. The van der Waals surface area contributed by atoms with Crippen LogP contribution in [0.5, 0.6) is 0 Å². The Hall–Kier alpha value is -1.35. The van der Waals surface area contributed by atoms with Gasteiger partial charge in [0.1, 0.15) is 0 Å². The normalized spacial score (nSPS) is 23.9. The lowest BCUT2D eigenvalue weighted by atomic mass is 9.76. The van der Waals surface area contributed by atoms with E-state index >= 15 is 0 Å². The molecular weight excluding hydrogens is 224 g/mol. The fraction of sp³-hybridized carbons (Fsp3) is 0.533. The van der Waals surface area contributed by atoms with E-state index in [9.17, 15) is 4.79 Å². The molecule has 96 valence electrons. The standard InChI is InChI=1S/C15H20N2O/c1-16-14(18)11-2-3-12-9-15(10-13(12)8-11)4-6-17-7-5-15/h2-3,8,17H,4-7,9-10H2,1H3,(H,16,18)/i1D3. The molecule has 3 nitrogen and oxygen atoms in total. The van der Waals surface area contributed by atoms with Crippen molar-refractivity contribution in [3.63, 3.8) is 0 Å². The first-order valence-corrected chi connectivity index (χ1v) is 6.52. The molecular formula is C15H20N2O. The van der Waals surface area contributed by atoms with E-state index < -0.39 is 12.9 Å². The van der Waals surface area contributed by atoms with Crippen molar-refractivity contribution in [3.05, 3.63) is 34.9 Å². The number of amides is 1. The molecule has 2 aliphatic rings. The number of carbonyl (C=O) groups is 1. The van der Waals surface area contributed by atoms with Crippen LogP contribution in [0.2, 0.25) is 0 Å². The van der Waals surface area contributed by atoms with Crippen LogP contribution in [0.4, 0.5) is 0 Å². The van der Waals surface area contributed by atoms with Crippen LogP contribution >= 0.6 is 0 Å². The summed E-state index contributed by atoms with van der Waals surface area (Å²) < 4.78 is 21.3. The third kappa shape index (κ3) is 1.93. The highest BCUT2D eigenvalue weighted by Gasteiger charge is 2.38. The van der Waals surface area contributed by atoms with E-state index in [0.29, 0.717) is 11.0 Å². The lowest BCUT2D eigenvalue weighted by Crippen LogP contribution is -2.37. The maximum Gasteiger partial charge on any atom is 0.251 e. The summed E-state index contributed by atoms with van der Waals surface area (Å²) in [4.78, 5) is 11.9. The second-order valence-corrected chi connectivity index (χ2v) is 5.54. The fourth-order valence-corrected chi connectivity index (χ4v) is 3.36. The molecule has 2 N–H and O–H groups in total. The summed E-state index contributed by atoms with van der Waals surface area (Å²) in [6.07, 6.45) is 4.40. The monoisotopic (exact) mass is 247 g/mol. The molecule has 0 saturated carbocycles. The zero-order valence-electron chi connectivity index (χ0n) is 13.4. The smallest absolute Gasteiger partial charge is 0.251 e. The number of hydrogen-bond donors (Lipinski definition) is 2. The number of carbonyl (C=O) groups excluding carboxylic acids is 1. The topological polar surface area (TPSA) is 41.1 Å². The maximum absolute atomic E-state index is 11.9. The molecule has 3 heteroatoms. The molecule has 1 heterocycles. The fourth-order valence-electron chi connectivity index (χ4n) is 3.36. The van der Waals surface area contributed by atoms with Gasteiger partial charge in [0, 0.05) is 16.7 Å². The van der Waals surface area contributed by atoms with Gasteiger partial charge in [-0.2, -0.15) is 0 Å². The van der Waals surface area contributed by atoms with Crippen LogP contribution in [0.1, 0.15) is 38.4 Å². The first-order valence-electron chi connectivity index (χ1n) is 8.02. The van der Waals surface area contributed by atoms with Gasteiger partial charge >= 0.3 is 0 Å². The first-order chi connectivity index (χ1) is 9.87. The Morgan fingerprint density at radius 1 is 1.33 bits per heavy atom. The summed E-state index contributed by atoms with van der Waals surface area (Å²) in [5.74, 6) is -0.524. The molecule has 1 aliphatic heterocycles. The van der Waals surface area contributed by atoms with Crippen molar-refractivity contribution in [1.82, 2.24) is 10.6 Å². The molecule has 0 aromatic heterocycles. The molecule has 0 atom stereocenters. The number of piperidine rings is 1. The largest absolute Gasteiger partial charge is 0.355 e. The van der Waals surface area contributed by atoms with Crippen molar-refractivity contribution in [3.8, 4) is 0 Å². The molecule has 0 bridgehead atoms. The Labute approximate surface area is 112 Å². The van der Waals surface area contributed by atoms with Crippen LogP contribution in [0.3, 0.4) is 0 Å². The molecule has 1 aliphatic carbocycles. The third-order valence-electron chi connectivity index (χ3n) is 4.38. The van der Waals surface area contributed by atoms with E-state index in [2.05, 4.69) is 5.32 Å². The van der Waals surface area contributed by atoms with Gasteiger partial charge in [0.2, 0.25) is 0 Å². The van der Waals surface area contributed by atoms with Gasteiger partial charge in [-0.15, -0.1) is 0 Å². The Morgan fingerprint density at radius 3 is 2.89 bits per heavy atom. The van der Waals surface area contributed by atoms with E-state index in [4.69, 9.17) is 4.11 Å². The molecule has 1 spiro atoms. The summed E-state index contributed by atoms with van der Waals surface area (Å²) in [6, 6.07) is 5.59. The summed E-state index contributed by atoms with van der Waals surface area (Å²) in [5, 5.41) is 5.44. The van der Waals surface area contributed by atoms with Crippen LogP contribution in [-0.4, -0.2) is 26.0 Å². The van der Waals surface area contributed by atoms with Gasteiger partial charge in [-0.25, -0.2) is 0 Å². The molecule has 18 heavy (non-hydrogen) atoms. The van der Waals surface area contributed by atoms with Gasteiger partial charge in [-0.1, -0.05) is 6.07 Å². The first kappa shape index (κ1) is 8.70. The Balaban J connectivity index is 1.78. The van der Waals surface area contributed by atoms with Crippen molar-refractivity contribution in [1.29, 1.82) is 0 Å². The number of nitrogens with one attached hydrogen (secondary N) is 2. The van der Waals surface area contributed by atoms with Crippen LogP contribution < -0.4 is 10.6 Å². The quantitative estimate of drug-likeness (QED) is 0.790. The van der Waals surface area contributed by atoms with Crippen molar-refractivity contribution in [2.24, 2.45) is 5.41 Å². The molecule has 1 aromatic carbocycles. The van der Waals surface area contributed by atoms with Gasteiger partial charge in [0.25, 0.3) is 5.91 Å². The van der Waals surface area contributed by atoms with E-state index in [1.165, 1.54) is 24.0 Å². The van der Waals surface area contributed by atoms with Crippen LogP contribution in [0, 0.1) is 5.41 Å². The molecule has 1 aromatic rings.